The lowest BCUT2D eigenvalue weighted by Crippen LogP contribution is -2.36. The molecular weight excluding hydrogens is 258 g/mol. The number of para-hydroxylation sites is 1. The highest BCUT2D eigenvalue weighted by Gasteiger charge is 2.24. The number of nitrogens with one attached hydrogen (secondary N) is 2. The van der Waals surface area contributed by atoms with Crippen molar-refractivity contribution in [2.75, 3.05) is 6.54 Å². The molecule has 1 saturated heterocycles. The molecule has 2 amide bonds. The molecule has 0 radical (unpaired) electrons. The van der Waals surface area contributed by atoms with E-state index in [4.69, 9.17) is 0 Å². The fourth-order valence-corrected chi connectivity index (χ4v) is 2.02. The molecule has 7 heteroatoms. The normalized spacial score (nSPS) is 17.8. The summed E-state index contributed by atoms with van der Waals surface area (Å²) in [5.74, 6) is -0.378. The van der Waals surface area contributed by atoms with Gasteiger partial charge in [-0.25, -0.2) is 0 Å². The van der Waals surface area contributed by atoms with Gasteiger partial charge in [-0.05, 0) is 12.1 Å². The molecule has 1 aliphatic rings. The van der Waals surface area contributed by atoms with Gasteiger partial charge in [0.1, 0.15) is 0 Å². The zero-order valence-electron chi connectivity index (χ0n) is 10.6. The Bertz CT molecular complexity index is 637. The number of benzene rings is 1. The molecule has 3 rings (SSSR count). The molecule has 1 atom stereocenters. The predicted octanol–water partition coefficient (Wildman–Crippen LogP) is -0.114. The molecule has 1 aliphatic heterocycles. The maximum Gasteiger partial charge on any atom is 0.273 e. The zero-order valence-corrected chi connectivity index (χ0v) is 10.6. The molecule has 1 aromatic carbocycles. The van der Waals surface area contributed by atoms with E-state index in [1.165, 1.54) is 11.0 Å². The first-order valence-corrected chi connectivity index (χ1v) is 6.28. The quantitative estimate of drug-likeness (QED) is 0.815. The predicted molar refractivity (Wildman–Crippen MR) is 70.2 cm³/mol. The summed E-state index contributed by atoms with van der Waals surface area (Å²) in [5, 5.41) is 13.6. The zero-order chi connectivity index (χ0) is 13.9. The average Bonchev–Trinajstić information content (AvgIpc) is 3.09. The Hall–Kier alpha value is -2.70. The summed E-state index contributed by atoms with van der Waals surface area (Å²) in [7, 11) is 0. The van der Waals surface area contributed by atoms with E-state index >= 15 is 0 Å². The van der Waals surface area contributed by atoms with Gasteiger partial charge in [0, 0.05) is 13.0 Å². The van der Waals surface area contributed by atoms with Crippen LogP contribution >= 0.6 is 0 Å². The van der Waals surface area contributed by atoms with Crippen LogP contribution in [0.5, 0.6) is 0 Å². The van der Waals surface area contributed by atoms with Crippen molar-refractivity contribution < 1.29 is 9.59 Å². The third-order valence-corrected chi connectivity index (χ3v) is 3.02. The molecule has 1 aromatic heterocycles. The van der Waals surface area contributed by atoms with Gasteiger partial charge in [0.2, 0.25) is 5.91 Å². The minimum atomic E-state index is -0.325. The van der Waals surface area contributed by atoms with E-state index < -0.39 is 0 Å². The van der Waals surface area contributed by atoms with Gasteiger partial charge in [0.15, 0.2) is 5.69 Å². The molecule has 0 spiro atoms. The van der Waals surface area contributed by atoms with Crippen LogP contribution in [0, 0.1) is 0 Å². The number of aromatic nitrogens is 3. The maximum atomic E-state index is 12.0. The standard InChI is InChI=1S/C13H13N5O2/c19-12-6-9(7-14-12)16-13(20)11-8-15-18(17-11)10-4-2-1-3-5-10/h1-5,8-9H,6-7H2,(H,14,19)(H,16,20)/t9-/m0/s1. The second-order valence-electron chi connectivity index (χ2n) is 4.53. The molecule has 0 bridgehead atoms. The third kappa shape index (κ3) is 2.51. The summed E-state index contributed by atoms with van der Waals surface area (Å²) in [5.41, 5.74) is 1.01. The Morgan fingerprint density at radius 2 is 2.15 bits per heavy atom. The van der Waals surface area contributed by atoms with Gasteiger partial charge in [-0.2, -0.15) is 9.90 Å². The second-order valence-corrected chi connectivity index (χ2v) is 4.53. The molecular formula is C13H13N5O2. The van der Waals surface area contributed by atoms with Gasteiger partial charge >= 0.3 is 0 Å². The Kier molecular flexibility index (Phi) is 3.16. The highest BCUT2D eigenvalue weighted by atomic mass is 16.2. The fourth-order valence-electron chi connectivity index (χ4n) is 2.02. The Balaban J connectivity index is 1.70. The largest absolute Gasteiger partial charge is 0.354 e. The van der Waals surface area contributed by atoms with Crippen molar-refractivity contribution in [3.05, 3.63) is 42.2 Å². The van der Waals surface area contributed by atoms with E-state index in [1.54, 1.807) is 0 Å². The molecule has 7 nitrogen and oxygen atoms in total. The number of nitrogens with zero attached hydrogens (tertiary/aromatic N) is 3. The van der Waals surface area contributed by atoms with E-state index in [1.807, 2.05) is 30.3 Å². The number of carbonyl (C=O) groups excluding carboxylic acids is 2. The number of carbonyl (C=O) groups is 2. The molecule has 2 N–H and O–H groups in total. The van der Waals surface area contributed by atoms with Gasteiger partial charge in [0.25, 0.3) is 5.91 Å². The van der Waals surface area contributed by atoms with Gasteiger partial charge in [-0.3, -0.25) is 9.59 Å². The Labute approximate surface area is 115 Å². The lowest BCUT2D eigenvalue weighted by atomic mass is 10.2. The van der Waals surface area contributed by atoms with Crippen LogP contribution in [0.3, 0.4) is 0 Å². The minimum Gasteiger partial charge on any atom is -0.354 e. The summed E-state index contributed by atoms with van der Waals surface area (Å²) < 4.78 is 0. The monoisotopic (exact) mass is 271 g/mol. The van der Waals surface area contributed by atoms with Crippen molar-refractivity contribution in [2.45, 2.75) is 12.5 Å². The van der Waals surface area contributed by atoms with Crippen LogP contribution in [0.1, 0.15) is 16.9 Å². The summed E-state index contributed by atoms with van der Waals surface area (Å²) in [6.07, 6.45) is 1.71. The lowest BCUT2D eigenvalue weighted by Gasteiger charge is -2.07. The first kappa shape index (κ1) is 12.3. The Morgan fingerprint density at radius 3 is 2.85 bits per heavy atom. The van der Waals surface area contributed by atoms with E-state index in [2.05, 4.69) is 20.8 Å². The van der Waals surface area contributed by atoms with E-state index in [-0.39, 0.29) is 23.6 Å². The molecule has 0 aliphatic carbocycles. The molecule has 0 unspecified atom stereocenters. The van der Waals surface area contributed by atoms with Crippen molar-refractivity contribution in [3.8, 4) is 5.69 Å². The number of hydrogen-bond donors (Lipinski definition) is 2. The highest BCUT2D eigenvalue weighted by Crippen LogP contribution is 2.05. The van der Waals surface area contributed by atoms with Gasteiger partial charge in [-0.15, -0.1) is 5.10 Å². The van der Waals surface area contributed by atoms with Crippen molar-refractivity contribution in [2.24, 2.45) is 0 Å². The topological polar surface area (TPSA) is 88.9 Å². The summed E-state index contributed by atoms with van der Waals surface area (Å²) in [4.78, 5) is 24.4. The molecule has 20 heavy (non-hydrogen) atoms. The van der Waals surface area contributed by atoms with Crippen LogP contribution in [0.25, 0.3) is 5.69 Å². The van der Waals surface area contributed by atoms with Crippen LogP contribution in [0.4, 0.5) is 0 Å². The van der Waals surface area contributed by atoms with Gasteiger partial charge in [-0.1, -0.05) is 18.2 Å². The van der Waals surface area contributed by atoms with Gasteiger partial charge in [0.05, 0.1) is 17.9 Å². The van der Waals surface area contributed by atoms with Crippen molar-refractivity contribution >= 4 is 11.8 Å². The Morgan fingerprint density at radius 1 is 1.35 bits per heavy atom. The first-order valence-electron chi connectivity index (χ1n) is 6.28. The lowest BCUT2D eigenvalue weighted by molar-refractivity contribution is -0.119. The highest BCUT2D eigenvalue weighted by molar-refractivity contribution is 5.93. The molecule has 2 aromatic rings. The van der Waals surface area contributed by atoms with Crippen LogP contribution in [-0.2, 0) is 4.79 Å². The summed E-state index contributed by atoms with van der Waals surface area (Å²) in [6, 6.07) is 9.15. The SMILES string of the molecule is O=C1C[C@H](NC(=O)c2cnn(-c3ccccc3)n2)CN1. The van der Waals surface area contributed by atoms with E-state index in [0.29, 0.717) is 13.0 Å². The number of hydrogen-bond acceptors (Lipinski definition) is 4. The van der Waals surface area contributed by atoms with Gasteiger partial charge < -0.3 is 10.6 Å². The number of rotatable bonds is 3. The third-order valence-electron chi connectivity index (χ3n) is 3.02. The summed E-state index contributed by atoms with van der Waals surface area (Å²) >= 11 is 0. The van der Waals surface area contributed by atoms with Crippen molar-refractivity contribution in [3.63, 3.8) is 0 Å². The van der Waals surface area contributed by atoms with E-state index in [0.717, 1.165) is 5.69 Å². The average molecular weight is 271 g/mol. The second kappa shape index (κ2) is 5.12. The van der Waals surface area contributed by atoms with Crippen LogP contribution in [0.2, 0.25) is 0 Å². The smallest absolute Gasteiger partial charge is 0.273 e. The maximum absolute atomic E-state index is 12.0. The van der Waals surface area contributed by atoms with Crippen LogP contribution in [0.15, 0.2) is 36.5 Å². The van der Waals surface area contributed by atoms with Crippen LogP contribution in [-0.4, -0.2) is 39.4 Å². The summed E-state index contributed by atoms with van der Waals surface area (Å²) in [6.45, 7) is 0.456. The first-order chi connectivity index (χ1) is 9.72. The molecule has 2 heterocycles. The molecule has 102 valence electrons. The van der Waals surface area contributed by atoms with Crippen molar-refractivity contribution in [1.29, 1.82) is 0 Å². The van der Waals surface area contributed by atoms with Crippen LogP contribution < -0.4 is 10.6 Å². The number of amides is 2. The molecule has 1 fully saturated rings. The molecule has 0 saturated carbocycles. The fraction of sp³-hybridized carbons (Fsp3) is 0.231. The minimum absolute atomic E-state index is 0.0526. The van der Waals surface area contributed by atoms with Crippen molar-refractivity contribution in [1.82, 2.24) is 25.6 Å². The van der Waals surface area contributed by atoms with E-state index in [9.17, 15) is 9.59 Å².